The Kier molecular flexibility index (Phi) is 5.33. The molecule has 0 saturated heterocycles. The Labute approximate surface area is 133 Å². The third kappa shape index (κ3) is 4.29. The fraction of sp³-hybridized carbons (Fsp3) is 0.250. The van der Waals surface area contributed by atoms with Crippen molar-refractivity contribution >= 4 is 27.7 Å². The Hall–Kier alpha value is -1.88. The van der Waals surface area contributed by atoms with E-state index >= 15 is 0 Å². The van der Waals surface area contributed by atoms with Crippen molar-refractivity contribution in [3.63, 3.8) is 0 Å². The predicted molar refractivity (Wildman–Crippen MR) is 88.4 cm³/mol. The smallest absolute Gasteiger partial charge is 0.255 e. The van der Waals surface area contributed by atoms with E-state index in [9.17, 15) is 4.79 Å². The molecular formula is C16H18BrN3O. The van der Waals surface area contributed by atoms with Crippen molar-refractivity contribution in [1.29, 1.82) is 0 Å². The van der Waals surface area contributed by atoms with Crippen LogP contribution in [0.25, 0.3) is 0 Å². The minimum Gasteiger partial charge on any atom is -0.370 e. The molecule has 0 radical (unpaired) electrons. The first kappa shape index (κ1) is 15.5. The predicted octanol–water partition coefficient (Wildman–Crippen LogP) is 3.51. The lowest BCUT2D eigenvalue weighted by atomic mass is 10.1. The van der Waals surface area contributed by atoms with Gasteiger partial charge in [-0.25, -0.2) is 4.98 Å². The van der Waals surface area contributed by atoms with E-state index in [0.29, 0.717) is 24.5 Å². The van der Waals surface area contributed by atoms with Crippen LogP contribution in [0.1, 0.15) is 28.4 Å². The highest BCUT2D eigenvalue weighted by atomic mass is 79.9. The zero-order valence-electron chi connectivity index (χ0n) is 12.1. The number of amides is 1. The SMILES string of the molecule is CCNc1ncc(Br)cc1C(=O)NCc1cccc(C)c1. The van der Waals surface area contributed by atoms with E-state index in [1.54, 1.807) is 12.3 Å². The van der Waals surface area contributed by atoms with Crippen LogP contribution in [0.3, 0.4) is 0 Å². The fourth-order valence-electron chi connectivity index (χ4n) is 2.02. The molecule has 1 heterocycles. The van der Waals surface area contributed by atoms with Crippen LogP contribution >= 0.6 is 15.9 Å². The maximum absolute atomic E-state index is 12.3. The van der Waals surface area contributed by atoms with Crippen molar-refractivity contribution < 1.29 is 4.79 Å². The van der Waals surface area contributed by atoms with Gasteiger partial charge in [-0.1, -0.05) is 29.8 Å². The van der Waals surface area contributed by atoms with Crippen LogP contribution in [0, 0.1) is 6.92 Å². The van der Waals surface area contributed by atoms with E-state index in [4.69, 9.17) is 0 Å². The quantitative estimate of drug-likeness (QED) is 0.869. The summed E-state index contributed by atoms with van der Waals surface area (Å²) < 4.78 is 0.782. The summed E-state index contributed by atoms with van der Waals surface area (Å²) in [5.74, 6) is 0.462. The van der Waals surface area contributed by atoms with Gasteiger partial charge in [-0.15, -0.1) is 0 Å². The summed E-state index contributed by atoms with van der Waals surface area (Å²) in [6.45, 7) is 5.22. The van der Waals surface area contributed by atoms with E-state index in [1.165, 1.54) is 5.56 Å². The molecule has 0 spiro atoms. The first-order chi connectivity index (χ1) is 10.1. The van der Waals surface area contributed by atoms with Crippen molar-refractivity contribution in [3.05, 3.63) is 57.7 Å². The molecule has 21 heavy (non-hydrogen) atoms. The molecule has 0 fully saturated rings. The Balaban J connectivity index is 2.11. The van der Waals surface area contributed by atoms with Gasteiger partial charge in [0.25, 0.3) is 5.91 Å². The molecule has 4 nitrogen and oxygen atoms in total. The summed E-state index contributed by atoms with van der Waals surface area (Å²) in [5, 5.41) is 6.03. The maximum Gasteiger partial charge on any atom is 0.255 e. The van der Waals surface area contributed by atoms with Gasteiger partial charge in [-0.05, 0) is 41.4 Å². The first-order valence-corrected chi connectivity index (χ1v) is 7.62. The molecule has 1 aromatic carbocycles. The second-order valence-electron chi connectivity index (χ2n) is 4.75. The van der Waals surface area contributed by atoms with E-state index in [1.807, 2.05) is 32.0 Å². The minimum absolute atomic E-state index is 0.138. The monoisotopic (exact) mass is 347 g/mol. The average Bonchev–Trinajstić information content (AvgIpc) is 2.47. The second-order valence-corrected chi connectivity index (χ2v) is 5.67. The minimum atomic E-state index is -0.138. The molecule has 0 atom stereocenters. The Morgan fingerprint density at radius 3 is 2.86 bits per heavy atom. The Bertz CT molecular complexity index is 643. The zero-order valence-corrected chi connectivity index (χ0v) is 13.7. The van der Waals surface area contributed by atoms with Gasteiger partial charge in [-0.2, -0.15) is 0 Å². The third-order valence-corrected chi connectivity index (χ3v) is 3.41. The van der Waals surface area contributed by atoms with Crippen molar-refractivity contribution in [2.24, 2.45) is 0 Å². The van der Waals surface area contributed by atoms with Gasteiger partial charge in [0.15, 0.2) is 0 Å². The number of carbonyl (C=O) groups is 1. The molecule has 1 amide bonds. The molecule has 0 unspecified atom stereocenters. The number of carbonyl (C=O) groups excluding carboxylic acids is 1. The number of aryl methyl sites for hydroxylation is 1. The summed E-state index contributed by atoms with van der Waals surface area (Å²) in [5.41, 5.74) is 2.80. The molecule has 2 N–H and O–H groups in total. The van der Waals surface area contributed by atoms with Crippen molar-refractivity contribution in [2.45, 2.75) is 20.4 Å². The van der Waals surface area contributed by atoms with Gasteiger partial charge in [0.05, 0.1) is 5.56 Å². The topological polar surface area (TPSA) is 54.0 Å². The molecular weight excluding hydrogens is 330 g/mol. The normalized spacial score (nSPS) is 10.2. The lowest BCUT2D eigenvalue weighted by molar-refractivity contribution is 0.0951. The summed E-state index contributed by atoms with van der Waals surface area (Å²) in [6.07, 6.45) is 1.68. The molecule has 110 valence electrons. The summed E-state index contributed by atoms with van der Waals surface area (Å²) in [6, 6.07) is 9.85. The van der Waals surface area contributed by atoms with E-state index < -0.39 is 0 Å². The Morgan fingerprint density at radius 1 is 1.33 bits per heavy atom. The molecule has 0 saturated carbocycles. The number of nitrogens with one attached hydrogen (secondary N) is 2. The number of nitrogens with zero attached hydrogens (tertiary/aromatic N) is 1. The lowest BCUT2D eigenvalue weighted by Crippen LogP contribution is -2.24. The van der Waals surface area contributed by atoms with Gasteiger partial charge in [0.2, 0.25) is 0 Å². The lowest BCUT2D eigenvalue weighted by Gasteiger charge is -2.11. The number of pyridine rings is 1. The van der Waals surface area contributed by atoms with Crippen LogP contribution in [0.15, 0.2) is 41.0 Å². The number of hydrogen-bond donors (Lipinski definition) is 2. The highest BCUT2D eigenvalue weighted by Gasteiger charge is 2.12. The highest BCUT2D eigenvalue weighted by molar-refractivity contribution is 9.10. The molecule has 1 aromatic heterocycles. The van der Waals surface area contributed by atoms with Crippen LogP contribution in [0.5, 0.6) is 0 Å². The van der Waals surface area contributed by atoms with Crippen molar-refractivity contribution in [2.75, 3.05) is 11.9 Å². The molecule has 2 aromatic rings. The number of hydrogen-bond acceptors (Lipinski definition) is 3. The van der Waals surface area contributed by atoms with Crippen LogP contribution in [-0.2, 0) is 6.54 Å². The molecule has 0 aliphatic carbocycles. The summed E-state index contributed by atoms with van der Waals surface area (Å²) in [7, 11) is 0. The number of aromatic nitrogens is 1. The van der Waals surface area contributed by atoms with Crippen molar-refractivity contribution in [3.8, 4) is 0 Å². The fourth-order valence-corrected chi connectivity index (χ4v) is 2.35. The highest BCUT2D eigenvalue weighted by Crippen LogP contribution is 2.18. The number of anilines is 1. The number of benzene rings is 1. The third-order valence-electron chi connectivity index (χ3n) is 2.98. The van der Waals surface area contributed by atoms with E-state index in [-0.39, 0.29) is 5.91 Å². The maximum atomic E-state index is 12.3. The molecule has 0 bridgehead atoms. The summed E-state index contributed by atoms with van der Waals surface area (Å²) in [4.78, 5) is 16.6. The first-order valence-electron chi connectivity index (χ1n) is 6.83. The largest absolute Gasteiger partial charge is 0.370 e. The van der Waals surface area contributed by atoms with Crippen LogP contribution < -0.4 is 10.6 Å². The van der Waals surface area contributed by atoms with Gasteiger partial charge >= 0.3 is 0 Å². The molecule has 0 aliphatic heterocycles. The van der Waals surface area contributed by atoms with Crippen LogP contribution in [0.2, 0.25) is 0 Å². The van der Waals surface area contributed by atoms with Crippen LogP contribution in [-0.4, -0.2) is 17.4 Å². The van der Waals surface area contributed by atoms with Gasteiger partial charge in [-0.3, -0.25) is 4.79 Å². The van der Waals surface area contributed by atoms with Gasteiger partial charge in [0.1, 0.15) is 5.82 Å². The van der Waals surface area contributed by atoms with E-state index in [0.717, 1.165) is 10.0 Å². The molecule has 2 rings (SSSR count). The Morgan fingerprint density at radius 2 is 2.14 bits per heavy atom. The van der Waals surface area contributed by atoms with Crippen LogP contribution in [0.4, 0.5) is 5.82 Å². The van der Waals surface area contributed by atoms with Gasteiger partial charge in [0, 0.05) is 23.8 Å². The average molecular weight is 348 g/mol. The molecule has 5 heteroatoms. The number of halogens is 1. The number of rotatable bonds is 5. The van der Waals surface area contributed by atoms with Crippen molar-refractivity contribution in [1.82, 2.24) is 10.3 Å². The van der Waals surface area contributed by atoms with Gasteiger partial charge < -0.3 is 10.6 Å². The standard InChI is InChI=1S/C16H18BrN3O/c1-3-18-15-14(8-13(17)10-19-15)16(21)20-9-12-6-4-5-11(2)7-12/h4-8,10H,3,9H2,1-2H3,(H,18,19)(H,20,21). The molecule has 0 aliphatic rings. The summed E-state index contributed by atoms with van der Waals surface area (Å²) >= 11 is 3.35. The van der Waals surface area contributed by atoms with E-state index in [2.05, 4.69) is 37.6 Å². The zero-order chi connectivity index (χ0) is 15.2. The second kappa shape index (κ2) is 7.22.